The minimum absolute atomic E-state index is 0.0230. The lowest BCUT2D eigenvalue weighted by Gasteiger charge is -2.24. The fourth-order valence-corrected chi connectivity index (χ4v) is 2.78. The van der Waals surface area contributed by atoms with Gasteiger partial charge >= 0.3 is 0 Å². The molecule has 0 aromatic heterocycles. The normalized spacial score (nSPS) is 25.0. The molecule has 2 saturated carbocycles. The van der Waals surface area contributed by atoms with Crippen LogP contribution in [-0.2, 0) is 5.41 Å². The van der Waals surface area contributed by atoms with Crippen molar-refractivity contribution < 1.29 is 4.39 Å². The first kappa shape index (κ1) is 9.34. The topological polar surface area (TPSA) is 26.0 Å². The summed E-state index contributed by atoms with van der Waals surface area (Å²) in [4.78, 5) is 0. The van der Waals surface area contributed by atoms with E-state index in [1.54, 1.807) is 6.07 Å². The second kappa shape index (κ2) is 2.62. The number of hydrogen-bond donors (Lipinski definition) is 1. The Hall–Kier alpha value is -0.890. The summed E-state index contributed by atoms with van der Waals surface area (Å²) in [6.07, 6.45) is 4.23. The summed E-state index contributed by atoms with van der Waals surface area (Å²) in [7, 11) is 0. The SMILES string of the molecule is Cc1ccc(C2(C3(N)CC3)CC2)c(F)c1. The zero-order valence-electron chi connectivity index (χ0n) is 9.02. The fourth-order valence-electron chi connectivity index (χ4n) is 2.78. The van der Waals surface area contributed by atoms with Gasteiger partial charge in [0.2, 0.25) is 0 Å². The van der Waals surface area contributed by atoms with Gasteiger partial charge in [0.15, 0.2) is 0 Å². The average Bonchev–Trinajstić information content (AvgIpc) is 3.01. The molecule has 80 valence electrons. The van der Waals surface area contributed by atoms with Crippen LogP contribution >= 0.6 is 0 Å². The molecule has 1 nitrogen and oxygen atoms in total. The van der Waals surface area contributed by atoms with Crippen molar-refractivity contribution in [3.63, 3.8) is 0 Å². The van der Waals surface area contributed by atoms with Crippen molar-refractivity contribution in [1.29, 1.82) is 0 Å². The highest BCUT2D eigenvalue weighted by atomic mass is 19.1. The monoisotopic (exact) mass is 205 g/mol. The van der Waals surface area contributed by atoms with Crippen LogP contribution in [0.4, 0.5) is 4.39 Å². The quantitative estimate of drug-likeness (QED) is 0.789. The molecule has 0 radical (unpaired) electrons. The number of benzene rings is 1. The maximum Gasteiger partial charge on any atom is 0.127 e. The highest BCUT2D eigenvalue weighted by molar-refractivity contribution is 5.42. The Labute approximate surface area is 89.5 Å². The summed E-state index contributed by atoms with van der Waals surface area (Å²) in [5, 5.41) is 0. The largest absolute Gasteiger partial charge is 0.324 e. The predicted octanol–water partition coefficient (Wildman–Crippen LogP) is 2.66. The van der Waals surface area contributed by atoms with Gasteiger partial charge in [0.25, 0.3) is 0 Å². The van der Waals surface area contributed by atoms with Crippen molar-refractivity contribution in [3.05, 3.63) is 35.1 Å². The van der Waals surface area contributed by atoms with E-state index in [1.807, 2.05) is 19.1 Å². The van der Waals surface area contributed by atoms with Crippen LogP contribution in [0.15, 0.2) is 18.2 Å². The lowest BCUT2D eigenvalue weighted by Crippen LogP contribution is -2.37. The van der Waals surface area contributed by atoms with Gasteiger partial charge in [0, 0.05) is 11.0 Å². The van der Waals surface area contributed by atoms with E-state index in [0.29, 0.717) is 0 Å². The Balaban J connectivity index is 2.06. The molecule has 2 aliphatic rings. The smallest absolute Gasteiger partial charge is 0.127 e. The molecule has 0 saturated heterocycles. The fraction of sp³-hybridized carbons (Fsp3) is 0.538. The first-order chi connectivity index (χ1) is 7.07. The van der Waals surface area contributed by atoms with Crippen LogP contribution in [0.1, 0.15) is 36.8 Å². The zero-order valence-corrected chi connectivity index (χ0v) is 9.02. The van der Waals surface area contributed by atoms with E-state index in [2.05, 4.69) is 0 Å². The molecule has 0 amide bonds. The van der Waals surface area contributed by atoms with Crippen LogP contribution in [-0.4, -0.2) is 5.54 Å². The lowest BCUT2D eigenvalue weighted by atomic mass is 9.85. The predicted molar refractivity (Wildman–Crippen MR) is 58.2 cm³/mol. The van der Waals surface area contributed by atoms with Crippen LogP contribution in [0.3, 0.4) is 0 Å². The molecule has 0 spiro atoms. The number of hydrogen-bond acceptors (Lipinski definition) is 1. The van der Waals surface area contributed by atoms with Crippen LogP contribution in [0.5, 0.6) is 0 Å². The summed E-state index contributed by atoms with van der Waals surface area (Å²) < 4.78 is 13.9. The van der Waals surface area contributed by atoms with Crippen LogP contribution in [0.2, 0.25) is 0 Å². The van der Waals surface area contributed by atoms with Crippen molar-refractivity contribution in [2.24, 2.45) is 5.73 Å². The minimum Gasteiger partial charge on any atom is -0.324 e. The van der Waals surface area contributed by atoms with Gasteiger partial charge in [-0.2, -0.15) is 0 Å². The van der Waals surface area contributed by atoms with Crippen molar-refractivity contribution in [2.75, 3.05) is 0 Å². The van der Waals surface area contributed by atoms with E-state index < -0.39 is 0 Å². The van der Waals surface area contributed by atoms with Crippen molar-refractivity contribution in [2.45, 2.75) is 43.6 Å². The van der Waals surface area contributed by atoms with Gasteiger partial charge < -0.3 is 5.73 Å². The molecule has 2 fully saturated rings. The standard InChI is InChI=1S/C13H16FN/c1-9-2-3-10(11(14)8-9)12(4-5-12)13(15)6-7-13/h2-3,8H,4-7,15H2,1H3. The van der Waals surface area contributed by atoms with Gasteiger partial charge in [-0.05, 0) is 49.8 Å². The summed E-state index contributed by atoms with van der Waals surface area (Å²) in [6.45, 7) is 1.92. The van der Waals surface area contributed by atoms with Crippen LogP contribution in [0.25, 0.3) is 0 Å². The number of nitrogens with two attached hydrogens (primary N) is 1. The van der Waals surface area contributed by atoms with Crippen LogP contribution in [0, 0.1) is 12.7 Å². The van der Waals surface area contributed by atoms with E-state index in [4.69, 9.17) is 5.73 Å². The first-order valence-corrected chi connectivity index (χ1v) is 5.63. The van der Waals surface area contributed by atoms with Gasteiger partial charge in [-0.3, -0.25) is 0 Å². The van der Waals surface area contributed by atoms with Crippen molar-refractivity contribution in [1.82, 2.24) is 0 Å². The zero-order chi connectivity index (χ0) is 10.7. The molecule has 15 heavy (non-hydrogen) atoms. The Morgan fingerprint density at radius 2 is 1.87 bits per heavy atom. The maximum absolute atomic E-state index is 13.9. The first-order valence-electron chi connectivity index (χ1n) is 5.63. The molecule has 0 aliphatic heterocycles. The summed E-state index contributed by atoms with van der Waals surface area (Å²) in [5.41, 5.74) is 7.98. The molecular formula is C13H16FN. The highest BCUT2D eigenvalue weighted by Gasteiger charge is 2.64. The third kappa shape index (κ3) is 1.18. The molecule has 0 heterocycles. The average molecular weight is 205 g/mol. The Bertz CT molecular complexity index is 417. The molecule has 2 N–H and O–H groups in total. The van der Waals surface area contributed by atoms with Gasteiger partial charge in [0.05, 0.1) is 0 Å². The lowest BCUT2D eigenvalue weighted by molar-refractivity contribution is 0.473. The minimum atomic E-state index is -0.0941. The molecule has 0 atom stereocenters. The van der Waals surface area contributed by atoms with E-state index in [-0.39, 0.29) is 16.8 Å². The second-order valence-electron chi connectivity index (χ2n) is 5.22. The molecule has 1 aromatic rings. The molecule has 0 unspecified atom stereocenters. The number of rotatable bonds is 2. The van der Waals surface area contributed by atoms with Gasteiger partial charge in [-0.1, -0.05) is 12.1 Å². The molecule has 0 bridgehead atoms. The molecule has 3 rings (SSSR count). The van der Waals surface area contributed by atoms with Crippen molar-refractivity contribution >= 4 is 0 Å². The molecule has 2 aliphatic carbocycles. The maximum atomic E-state index is 13.9. The van der Waals surface area contributed by atoms with Crippen molar-refractivity contribution in [3.8, 4) is 0 Å². The molecule has 2 heteroatoms. The van der Waals surface area contributed by atoms with E-state index in [1.165, 1.54) is 0 Å². The summed E-state index contributed by atoms with van der Waals surface area (Å²) >= 11 is 0. The Kier molecular flexibility index (Phi) is 1.63. The number of halogens is 1. The Morgan fingerprint density at radius 1 is 1.20 bits per heavy atom. The summed E-state index contributed by atoms with van der Waals surface area (Å²) in [5.74, 6) is -0.0655. The van der Waals surface area contributed by atoms with E-state index in [0.717, 1.165) is 36.8 Å². The third-order valence-electron chi connectivity index (χ3n) is 4.13. The summed E-state index contributed by atoms with van der Waals surface area (Å²) in [6, 6.07) is 5.55. The molecule has 1 aromatic carbocycles. The second-order valence-corrected chi connectivity index (χ2v) is 5.22. The molecular weight excluding hydrogens is 189 g/mol. The highest BCUT2D eigenvalue weighted by Crippen LogP contribution is 2.63. The van der Waals surface area contributed by atoms with Gasteiger partial charge in [-0.25, -0.2) is 4.39 Å². The van der Waals surface area contributed by atoms with Gasteiger partial charge in [-0.15, -0.1) is 0 Å². The van der Waals surface area contributed by atoms with E-state index in [9.17, 15) is 4.39 Å². The van der Waals surface area contributed by atoms with E-state index >= 15 is 0 Å². The Morgan fingerprint density at radius 3 is 2.33 bits per heavy atom. The van der Waals surface area contributed by atoms with Gasteiger partial charge in [0.1, 0.15) is 5.82 Å². The van der Waals surface area contributed by atoms with Crippen LogP contribution < -0.4 is 5.73 Å². The third-order valence-corrected chi connectivity index (χ3v) is 4.13. The number of aryl methyl sites for hydroxylation is 1.